The highest BCUT2D eigenvalue weighted by atomic mass is 19.3. The van der Waals surface area contributed by atoms with Gasteiger partial charge in [-0.15, -0.1) is 0 Å². The highest BCUT2D eigenvalue weighted by molar-refractivity contribution is 6.05. The van der Waals surface area contributed by atoms with Crippen LogP contribution in [0.4, 0.5) is 8.78 Å². The number of pyridine rings is 1. The second-order valence-corrected chi connectivity index (χ2v) is 7.92. The normalized spacial score (nSPS) is 15.2. The Bertz CT molecular complexity index is 1030. The maximum Gasteiger partial charge on any atom is 0.272 e. The van der Waals surface area contributed by atoms with Crippen molar-refractivity contribution in [3.63, 3.8) is 0 Å². The number of benzene rings is 1. The van der Waals surface area contributed by atoms with Gasteiger partial charge in [0.25, 0.3) is 12.3 Å². The predicted octanol–water partition coefficient (Wildman–Crippen LogP) is 3.63. The zero-order chi connectivity index (χ0) is 20.5. The zero-order valence-corrected chi connectivity index (χ0v) is 16.3. The average molecular weight is 399 g/mol. The number of alkyl halides is 2. The molecule has 29 heavy (non-hydrogen) atoms. The summed E-state index contributed by atoms with van der Waals surface area (Å²) in [6.45, 7) is 7.04. The van der Waals surface area contributed by atoms with Crippen molar-refractivity contribution in [2.24, 2.45) is 5.92 Å². The molecule has 4 rings (SSSR count). The molecule has 0 unspecified atom stereocenters. The average Bonchev–Trinajstić information content (AvgIpc) is 3.09. The lowest BCUT2D eigenvalue weighted by molar-refractivity contribution is 0.0780. The van der Waals surface area contributed by atoms with Crippen LogP contribution in [-0.2, 0) is 0 Å². The lowest BCUT2D eigenvalue weighted by Gasteiger charge is -2.40. The van der Waals surface area contributed by atoms with Crippen LogP contribution in [0.3, 0.4) is 0 Å². The van der Waals surface area contributed by atoms with Gasteiger partial charge in [0.15, 0.2) is 5.69 Å². The number of fused-ring (bicyclic) bond motifs is 1. The summed E-state index contributed by atoms with van der Waals surface area (Å²) in [5, 5.41) is 10.7. The van der Waals surface area contributed by atoms with Crippen molar-refractivity contribution >= 4 is 16.8 Å². The van der Waals surface area contributed by atoms with E-state index >= 15 is 0 Å². The Balaban J connectivity index is 1.53. The molecule has 2 aromatic heterocycles. The number of H-pyrrole nitrogens is 1. The summed E-state index contributed by atoms with van der Waals surface area (Å²) in [5.74, 6) is 0.362. The van der Waals surface area contributed by atoms with Gasteiger partial charge in [-0.1, -0.05) is 19.9 Å². The number of halogens is 2. The molecule has 3 aromatic rings. The molecule has 1 aromatic carbocycles. The van der Waals surface area contributed by atoms with Crippen LogP contribution < -0.4 is 5.32 Å². The number of amides is 1. The monoisotopic (exact) mass is 399 g/mol. The zero-order valence-electron chi connectivity index (χ0n) is 16.3. The molecule has 2 N–H and O–H groups in total. The van der Waals surface area contributed by atoms with E-state index in [9.17, 15) is 13.6 Å². The Morgan fingerprint density at radius 1 is 1.24 bits per heavy atom. The minimum atomic E-state index is -2.58. The van der Waals surface area contributed by atoms with Gasteiger partial charge in [-0.2, -0.15) is 5.10 Å². The summed E-state index contributed by atoms with van der Waals surface area (Å²) < 4.78 is 26.0. The van der Waals surface area contributed by atoms with E-state index in [2.05, 4.69) is 39.2 Å². The first-order valence-electron chi connectivity index (χ1n) is 9.65. The third kappa shape index (κ3) is 4.12. The molecule has 0 aliphatic carbocycles. The van der Waals surface area contributed by atoms with E-state index in [1.54, 1.807) is 18.2 Å². The molecule has 1 aliphatic heterocycles. The van der Waals surface area contributed by atoms with E-state index in [0.29, 0.717) is 33.6 Å². The molecule has 0 spiro atoms. The third-order valence-electron chi connectivity index (χ3n) is 5.04. The van der Waals surface area contributed by atoms with Gasteiger partial charge in [0.2, 0.25) is 0 Å². The number of hydrogen-bond donors (Lipinski definition) is 2. The molecule has 1 fully saturated rings. The van der Waals surface area contributed by atoms with Crippen molar-refractivity contribution in [2.75, 3.05) is 19.6 Å². The Hall–Kier alpha value is -2.87. The minimum absolute atomic E-state index is 0.114. The number of hydrogen-bond acceptors (Lipinski definition) is 4. The van der Waals surface area contributed by atoms with Gasteiger partial charge >= 0.3 is 0 Å². The number of nitrogens with one attached hydrogen (secondary N) is 2. The minimum Gasteiger partial charge on any atom is -0.345 e. The molecular weight excluding hydrogens is 376 g/mol. The maximum atomic E-state index is 13.0. The number of likely N-dealkylation sites (tertiary alicyclic amines) is 1. The lowest BCUT2D eigenvalue weighted by atomic mass is 10.0. The number of rotatable bonds is 6. The molecular formula is C21H23F2N5O. The largest absolute Gasteiger partial charge is 0.345 e. The molecule has 0 atom stereocenters. The van der Waals surface area contributed by atoms with Crippen LogP contribution >= 0.6 is 0 Å². The van der Waals surface area contributed by atoms with E-state index in [1.165, 1.54) is 12.3 Å². The fourth-order valence-electron chi connectivity index (χ4n) is 3.68. The van der Waals surface area contributed by atoms with Crippen molar-refractivity contribution in [3.05, 3.63) is 47.9 Å². The first-order valence-corrected chi connectivity index (χ1v) is 9.65. The summed E-state index contributed by atoms with van der Waals surface area (Å²) in [6, 6.07) is 6.90. The van der Waals surface area contributed by atoms with Gasteiger partial charge in [0, 0.05) is 48.5 Å². The molecule has 8 heteroatoms. The Morgan fingerprint density at radius 2 is 2.03 bits per heavy atom. The SMILES string of the molecule is CC(C)CN1CC(NC(=O)c2n[nH]c3ccc(-c4cncc(C(F)F)c4)cc23)C1. The molecule has 1 saturated heterocycles. The van der Waals surface area contributed by atoms with Crippen LogP contribution in [0.5, 0.6) is 0 Å². The van der Waals surface area contributed by atoms with Gasteiger partial charge in [-0.05, 0) is 29.7 Å². The van der Waals surface area contributed by atoms with Gasteiger partial charge < -0.3 is 5.32 Å². The van der Waals surface area contributed by atoms with Crippen molar-refractivity contribution in [3.8, 4) is 11.1 Å². The fourth-order valence-corrected chi connectivity index (χ4v) is 3.68. The number of aromatic nitrogens is 3. The summed E-state index contributed by atoms with van der Waals surface area (Å²) >= 11 is 0. The summed E-state index contributed by atoms with van der Waals surface area (Å²) in [7, 11) is 0. The fraction of sp³-hybridized carbons (Fsp3) is 0.381. The first kappa shape index (κ1) is 19.4. The van der Waals surface area contributed by atoms with Crippen molar-refractivity contribution < 1.29 is 13.6 Å². The predicted molar refractivity (Wildman–Crippen MR) is 107 cm³/mol. The highest BCUT2D eigenvalue weighted by Gasteiger charge is 2.29. The number of nitrogens with zero attached hydrogens (tertiary/aromatic N) is 3. The summed E-state index contributed by atoms with van der Waals surface area (Å²) in [6.07, 6.45) is 0.106. The van der Waals surface area contributed by atoms with E-state index in [0.717, 1.165) is 25.8 Å². The van der Waals surface area contributed by atoms with Crippen LogP contribution in [0.2, 0.25) is 0 Å². The van der Waals surface area contributed by atoms with Crippen LogP contribution in [0.15, 0.2) is 36.7 Å². The van der Waals surface area contributed by atoms with Crippen molar-refractivity contribution in [1.82, 2.24) is 25.4 Å². The maximum absolute atomic E-state index is 13.0. The van der Waals surface area contributed by atoms with Crippen LogP contribution in [-0.4, -0.2) is 51.7 Å². The Kier molecular flexibility index (Phi) is 5.27. The molecule has 6 nitrogen and oxygen atoms in total. The molecule has 1 amide bonds. The van der Waals surface area contributed by atoms with E-state index < -0.39 is 6.43 Å². The van der Waals surface area contributed by atoms with Crippen LogP contribution in [0, 0.1) is 5.92 Å². The standard InChI is InChI=1S/C21H23F2N5O/c1-12(2)9-28-10-16(11-28)25-21(29)19-17-6-13(3-4-18(17)26-27-19)14-5-15(20(22)23)8-24-7-14/h3-8,12,16,20H,9-11H2,1-2H3,(H,25,29)(H,26,27). The first-order chi connectivity index (χ1) is 13.9. The van der Waals surface area contributed by atoms with Gasteiger partial charge in [0.1, 0.15) is 0 Å². The van der Waals surface area contributed by atoms with Crippen LogP contribution in [0.25, 0.3) is 22.0 Å². The third-order valence-corrected chi connectivity index (χ3v) is 5.04. The summed E-state index contributed by atoms with van der Waals surface area (Å²) in [5.41, 5.74) is 2.16. The highest BCUT2D eigenvalue weighted by Crippen LogP contribution is 2.28. The number of carbonyl (C=O) groups excluding carboxylic acids is 1. The quantitative estimate of drug-likeness (QED) is 0.664. The number of aromatic amines is 1. The second-order valence-electron chi connectivity index (χ2n) is 7.92. The molecule has 0 radical (unpaired) electrons. The topological polar surface area (TPSA) is 73.9 Å². The Morgan fingerprint density at radius 3 is 2.76 bits per heavy atom. The molecule has 1 aliphatic rings. The van der Waals surface area contributed by atoms with E-state index in [1.807, 2.05) is 0 Å². The lowest BCUT2D eigenvalue weighted by Crippen LogP contribution is -2.59. The molecule has 3 heterocycles. The smallest absolute Gasteiger partial charge is 0.272 e. The molecule has 152 valence electrons. The van der Waals surface area contributed by atoms with Gasteiger partial charge in [0.05, 0.1) is 11.6 Å². The summed E-state index contributed by atoms with van der Waals surface area (Å²) in [4.78, 5) is 18.9. The molecule has 0 bridgehead atoms. The van der Waals surface area contributed by atoms with E-state index in [-0.39, 0.29) is 17.5 Å². The van der Waals surface area contributed by atoms with Crippen LogP contribution in [0.1, 0.15) is 36.3 Å². The van der Waals surface area contributed by atoms with Gasteiger partial charge in [-0.3, -0.25) is 19.8 Å². The van der Waals surface area contributed by atoms with Crippen molar-refractivity contribution in [2.45, 2.75) is 26.3 Å². The van der Waals surface area contributed by atoms with Gasteiger partial charge in [-0.25, -0.2) is 8.78 Å². The molecule has 0 saturated carbocycles. The Labute approximate surface area is 167 Å². The van der Waals surface area contributed by atoms with Crippen molar-refractivity contribution in [1.29, 1.82) is 0 Å². The second kappa shape index (κ2) is 7.87. The van der Waals surface area contributed by atoms with E-state index in [4.69, 9.17) is 0 Å². The number of carbonyl (C=O) groups is 1.